The van der Waals surface area contributed by atoms with Gasteiger partial charge in [0.15, 0.2) is 5.69 Å². The zero-order valence-electron chi connectivity index (χ0n) is 16.3. The molecule has 0 unspecified atom stereocenters. The number of hydrogen-bond donors (Lipinski definition) is 0. The number of methoxy groups -OCH3 is 2. The minimum Gasteiger partial charge on any atom is -0.481 e. The molecule has 3 aromatic rings. The van der Waals surface area contributed by atoms with Crippen LogP contribution in [0.15, 0.2) is 42.6 Å². The third-order valence-electron chi connectivity index (χ3n) is 4.81. The van der Waals surface area contributed by atoms with Gasteiger partial charge in [-0.05, 0) is 25.0 Å². The van der Waals surface area contributed by atoms with Gasteiger partial charge in [0.2, 0.25) is 5.88 Å². The lowest BCUT2D eigenvalue weighted by Crippen LogP contribution is -2.07. The van der Waals surface area contributed by atoms with Crippen LogP contribution < -0.4 is 4.74 Å². The van der Waals surface area contributed by atoms with Crippen molar-refractivity contribution < 1.29 is 14.3 Å². The van der Waals surface area contributed by atoms with E-state index in [-0.39, 0.29) is 5.97 Å². The number of nitrogens with zero attached hydrogens (tertiary/aromatic N) is 3. The molecule has 0 aliphatic carbocycles. The molecule has 0 radical (unpaired) electrons. The lowest BCUT2D eigenvalue weighted by molar-refractivity contribution is 0.0600. The maximum Gasteiger partial charge on any atom is 0.340 e. The lowest BCUT2D eigenvalue weighted by Gasteiger charge is -2.10. The van der Waals surface area contributed by atoms with Crippen LogP contribution in [0.2, 0.25) is 0 Å². The number of hydrogen-bond acceptors (Lipinski definition) is 4. The Balaban J connectivity index is 2.11. The van der Waals surface area contributed by atoms with Crippen molar-refractivity contribution in [3.8, 4) is 17.0 Å². The molecule has 0 saturated carbocycles. The van der Waals surface area contributed by atoms with Crippen molar-refractivity contribution >= 4 is 11.7 Å². The molecular formula is C22H21N3O3. The van der Waals surface area contributed by atoms with Gasteiger partial charge in [0.1, 0.15) is 0 Å². The van der Waals surface area contributed by atoms with Gasteiger partial charge in [-0.1, -0.05) is 30.3 Å². The number of ether oxygens (including phenoxy) is 2. The molecule has 28 heavy (non-hydrogen) atoms. The quantitative estimate of drug-likeness (QED) is 0.484. The Hall–Kier alpha value is -3.59. The molecule has 0 spiro atoms. The smallest absolute Gasteiger partial charge is 0.340 e. The van der Waals surface area contributed by atoms with Gasteiger partial charge >= 0.3 is 5.97 Å². The largest absolute Gasteiger partial charge is 0.481 e. The molecule has 2 heterocycles. The summed E-state index contributed by atoms with van der Waals surface area (Å²) in [6, 6.07) is 11.0. The van der Waals surface area contributed by atoms with Gasteiger partial charge in [0.05, 0.1) is 26.4 Å². The predicted molar refractivity (Wildman–Crippen MR) is 107 cm³/mol. The lowest BCUT2D eigenvalue weighted by atomic mass is 10.0. The molecule has 0 bridgehead atoms. The topological polar surface area (TPSA) is 57.7 Å². The summed E-state index contributed by atoms with van der Waals surface area (Å²) in [6.45, 7) is 11.6. The van der Waals surface area contributed by atoms with Gasteiger partial charge in [-0.2, -0.15) is 0 Å². The van der Waals surface area contributed by atoms with Crippen molar-refractivity contribution in [2.45, 2.75) is 20.4 Å². The zero-order chi connectivity index (χ0) is 20.3. The van der Waals surface area contributed by atoms with Crippen LogP contribution in [0.1, 0.15) is 27.3 Å². The van der Waals surface area contributed by atoms with Gasteiger partial charge in [-0.15, -0.1) is 0 Å². The third kappa shape index (κ3) is 3.47. The van der Waals surface area contributed by atoms with E-state index in [4.69, 9.17) is 16.0 Å². The molecule has 6 heteroatoms. The van der Waals surface area contributed by atoms with Gasteiger partial charge in [-0.25, -0.2) is 14.6 Å². The third-order valence-corrected chi connectivity index (χ3v) is 4.81. The molecule has 3 rings (SSSR count). The molecule has 0 saturated heterocycles. The SMILES string of the molecule is [C-]#[N+]c1ccc(-c2c(C(=O)OC)c(C)n(Cc3ccc(OC)nc3)c2C)cc1. The summed E-state index contributed by atoms with van der Waals surface area (Å²) in [6.07, 6.45) is 1.76. The Bertz CT molecular complexity index is 1040. The van der Waals surface area contributed by atoms with Crippen molar-refractivity contribution in [3.05, 3.63) is 76.5 Å². The van der Waals surface area contributed by atoms with Crippen molar-refractivity contribution in [1.82, 2.24) is 9.55 Å². The van der Waals surface area contributed by atoms with E-state index in [1.54, 1.807) is 25.4 Å². The van der Waals surface area contributed by atoms with Crippen LogP contribution in [0.25, 0.3) is 16.0 Å². The van der Waals surface area contributed by atoms with E-state index in [0.717, 1.165) is 28.1 Å². The molecule has 0 amide bonds. The fourth-order valence-electron chi connectivity index (χ4n) is 3.34. The van der Waals surface area contributed by atoms with Gasteiger partial charge in [-0.3, -0.25) is 0 Å². The van der Waals surface area contributed by atoms with Crippen LogP contribution in [0.5, 0.6) is 5.88 Å². The zero-order valence-corrected chi connectivity index (χ0v) is 16.3. The Kier molecular flexibility index (Phi) is 5.46. The number of pyridine rings is 1. The normalized spacial score (nSPS) is 10.4. The summed E-state index contributed by atoms with van der Waals surface area (Å²) >= 11 is 0. The molecule has 0 atom stereocenters. The van der Waals surface area contributed by atoms with E-state index in [9.17, 15) is 4.79 Å². The van der Waals surface area contributed by atoms with Crippen LogP contribution in [0, 0.1) is 20.4 Å². The Morgan fingerprint density at radius 3 is 2.36 bits per heavy atom. The highest BCUT2D eigenvalue weighted by Crippen LogP contribution is 2.34. The average Bonchev–Trinajstić information content (AvgIpc) is 2.98. The Morgan fingerprint density at radius 2 is 1.82 bits per heavy atom. The average molecular weight is 375 g/mol. The monoisotopic (exact) mass is 375 g/mol. The number of esters is 1. The van der Waals surface area contributed by atoms with E-state index < -0.39 is 0 Å². The number of rotatable bonds is 5. The second-order valence-electron chi connectivity index (χ2n) is 6.37. The second kappa shape index (κ2) is 7.97. The van der Waals surface area contributed by atoms with Crippen molar-refractivity contribution in [2.24, 2.45) is 0 Å². The number of carbonyl (C=O) groups is 1. The van der Waals surface area contributed by atoms with Gasteiger partial charge in [0, 0.05) is 35.8 Å². The first-order valence-corrected chi connectivity index (χ1v) is 8.75. The van der Waals surface area contributed by atoms with E-state index >= 15 is 0 Å². The Labute approximate surface area is 164 Å². The van der Waals surface area contributed by atoms with Gasteiger partial charge in [0.25, 0.3) is 0 Å². The van der Waals surface area contributed by atoms with Crippen LogP contribution in [0.3, 0.4) is 0 Å². The number of aromatic nitrogens is 2. The highest BCUT2D eigenvalue weighted by atomic mass is 16.5. The fourth-order valence-corrected chi connectivity index (χ4v) is 3.34. The first kappa shape index (κ1) is 19.2. The maximum absolute atomic E-state index is 12.5. The standard InChI is InChI=1S/C22H21N3O3/c1-14-20(17-7-9-18(23-3)10-8-17)21(22(26)28-5)15(2)25(14)13-16-6-11-19(27-4)24-12-16/h6-12H,13H2,1-2,4-5H3. The molecule has 0 fully saturated rings. The second-order valence-corrected chi connectivity index (χ2v) is 6.37. The van der Waals surface area contributed by atoms with Crippen molar-refractivity contribution in [1.29, 1.82) is 0 Å². The first-order chi connectivity index (χ1) is 13.5. The number of benzene rings is 1. The predicted octanol–water partition coefficient (Wildman–Crippen LogP) is 4.56. The van der Waals surface area contributed by atoms with Gasteiger partial charge < -0.3 is 14.0 Å². The van der Waals surface area contributed by atoms with Crippen LogP contribution in [0.4, 0.5) is 5.69 Å². The molecular weight excluding hydrogens is 354 g/mol. The summed E-state index contributed by atoms with van der Waals surface area (Å²) in [7, 11) is 2.96. The van der Waals surface area contributed by atoms with Crippen molar-refractivity contribution in [3.63, 3.8) is 0 Å². The summed E-state index contributed by atoms with van der Waals surface area (Å²) in [5, 5.41) is 0. The minimum absolute atomic E-state index is 0.378. The van der Waals surface area contributed by atoms with Crippen LogP contribution in [-0.2, 0) is 11.3 Å². The first-order valence-electron chi connectivity index (χ1n) is 8.75. The highest BCUT2D eigenvalue weighted by molar-refractivity contribution is 5.99. The van der Waals surface area contributed by atoms with Crippen molar-refractivity contribution in [2.75, 3.05) is 14.2 Å². The van der Waals surface area contributed by atoms with E-state index in [2.05, 4.69) is 14.4 Å². The Morgan fingerprint density at radius 1 is 1.11 bits per heavy atom. The maximum atomic E-state index is 12.5. The fraction of sp³-hybridized carbons (Fsp3) is 0.227. The number of carbonyl (C=O) groups excluding carboxylic acids is 1. The minimum atomic E-state index is -0.378. The molecule has 0 aliphatic heterocycles. The molecule has 1 aromatic carbocycles. The molecule has 142 valence electrons. The molecule has 0 N–H and O–H groups in total. The van der Waals surface area contributed by atoms with Crippen LogP contribution >= 0.6 is 0 Å². The molecule has 2 aromatic heterocycles. The van der Waals surface area contributed by atoms with E-state index in [1.165, 1.54) is 7.11 Å². The van der Waals surface area contributed by atoms with E-state index in [1.807, 2.05) is 38.1 Å². The molecule has 6 nitrogen and oxygen atoms in total. The summed E-state index contributed by atoms with van der Waals surface area (Å²) in [5.74, 6) is 0.178. The summed E-state index contributed by atoms with van der Waals surface area (Å²) < 4.78 is 12.2. The summed E-state index contributed by atoms with van der Waals surface area (Å²) in [5.41, 5.74) is 5.56. The summed E-state index contributed by atoms with van der Waals surface area (Å²) in [4.78, 5) is 20.2. The van der Waals surface area contributed by atoms with Crippen LogP contribution in [-0.4, -0.2) is 29.7 Å². The molecule has 0 aliphatic rings. The highest BCUT2D eigenvalue weighted by Gasteiger charge is 2.24. The van der Waals surface area contributed by atoms with E-state index in [0.29, 0.717) is 23.7 Å².